The van der Waals surface area contributed by atoms with Gasteiger partial charge in [-0.3, -0.25) is 10.1 Å². The van der Waals surface area contributed by atoms with Gasteiger partial charge in [0.05, 0.1) is 4.92 Å². The zero-order valence-electron chi connectivity index (χ0n) is 9.25. The van der Waals surface area contributed by atoms with Crippen LogP contribution in [0.25, 0.3) is 11.1 Å². The van der Waals surface area contributed by atoms with E-state index in [4.69, 9.17) is 0 Å². The predicted molar refractivity (Wildman–Crippen MR) is 64.9 cm³/mol. The molecule has 2 aromatic carbocycles. The Morgan fingerprint density at radius 2 is 1.76 bits per heavy atom. The van der Waals surface area contributed by atoms with Crippen LogP contribution in [0.5, 0.6) is 5.75 Å². The number of phenols is 1. The predicted octanol–water partition coefficient (Wildman–Crippen LogP) is 3.28. The molecule has 0 unspecified atom stereocenters. The molecule has 2 aromatic rings. The van der Waals surface area contributed by atoms with Crippen molar-refractivity contribution in [3.05, 3.63) is 58.1 Å². The molecule has 0 heterocycles. The van der Waals surface area contributed by atoms with Gasteiger partial charge in [0.1, 0.15) is 5.75 Å². The summed E-state index contributed by atoms with van der Waals surface area (Å²) in [5.74, 6) is 0.202. The highest BCUT2D eigenvalue weighted by Crippen LogP contribution is 2.27. The molecule has 0 spiro atoms. The van der Waals surface area contributed by atoms with Crippen molar-refractivity contribution in [2.24, 2.45) is 0 Å². The minimum atomic E-state index is -0.409. The first kappa shape index (κ1) is 11.1. The Morgan fingerprint density at radius 1 is 1.12 bits per heavy atom. The second kappa shape index (κ2) is 4.25. The number of rotatable bonds is 2. The molecule has 0 aromatic heterocycles. The summed E-state index contributed by atoms with van der Waals surface area (Å²) in [6, 6.07) is 11.5. The van der Waals surface area contributed by atoms with Gasteiger partial charge in [-0.2, -0.15) is 0 Å². The standard InChI is InChI=1S/C13H11NO3/c1-9-8-11(14(16)17)4-7-13(9)10-2-5-12(15)6-3-10/h2-8,15H,1H3. The van der Waals surface area contributed by atoms with Gasteiger partial charge >= 0.3 is 0 Å². The Balaban J connectivity index is 2.46. The molecule has 4 heteroatoms. The second-order valence-corrected chi connectivity index (χ2v) is 3.80. The topological polar surface area (TPSA) is 63.4 Å². The third-order valence-electron chi connectivity index (χ3n) is 2.60. The van der Waals surface area contributed by atoms with Crippen molar-refractivity contribution < 1.29 is 10.0 Å². The lowest BCUT2D eigenvalue weighted by Gasteiger charge is -2.05. The molecule has 0 radical (unpaired) electrons. The van der Waals surface area contributed by atoms with E-state index in [0.29, 0.717) is 0 Å². The lowest BCUT2D eigenvalue weighted by atomic mass is 10.00. The highest BCUT2D eigenvalue weighted by Gasteiger charge is 2.09. The number of hydrogen-bond donors (Lipinski definition) is 1. The maximum atomic E-state index is 10.6. The van der Waals surface area contributed by atoms with Gasteiger partial charge in [0, 0.05) is 12.1 Å². The zero-order chi connectivity index (χ0) is 12.4. The number of phenolic OH excluding ortho intramolecular Hbond substituents is 1. The molecule has 0 aliphatic rings. The Hall–Kier alpha value is -2.36. The van der Waals surface area contributed by atoms with Crippen molar-refractivity contribution in [2.75, 3.05) is 0 Å². The van der Waals surface area contributed by atoms with E-state index in [1.807, 2.05) is 6.92 Å². The van der Waals surface area contributed by atoms with Crippen molar-refractivity contribution >= 4 is 5.69 Å². The summed E-state index contributed by atoms with van der Waals surface area (Å²) in [4.78, 5) is 10.2. The SMILES string of the molecule is Cc1cc([N+](=O)[O-])ccc1-c1ccc(O)cc1. The fraction of sp³-hybridized carbons (Fsp3) is 0.0769. The zero-order valence-corrected chi connectivity index (χ0v) is 9.25. The normalized spacial score (nSPS) is 10.2. The van der Waals surface area contributed by atoms with E-state index in [0.717, 1.165) is 16.7 Å². The molecule has 0 atom stereocenters. The van der Waals surface area contributed by atoms with E-state index in [1.165, 1.54) is 6.07 Å². The molecule has 86 valence electrons. The third kappa shape index (κ3) is 2.25. The Labute approximate surface area is 98.3 Å². The molecule has 2 rings (SSSR count). The van der Waals surface area contributed by atoms with Crippen molar-refractivity contribution in [1.29, 1.82) is 0 Å². The summed E-state index contributed by atoms with van der Waals surface area (Å²) in [5, 5.41) is 19.8. The first-order valence-electron chi connectivity index (χ1n) is 5.12. The second-order valence-electron chi connectivity index (χ2n) is 3.80. The van der Waals surface area contributed by atoms with Gasteiger partial charge < -0.3 is 5.11 Å². The highest BCUT2D eigenvalue weighted by molar-refractivity contribution is 5.69. The number of non-ortho nitro benzene ring substituents is 1. The van der Waals surface area contributed by atoms with Crippen LogP contribution in [0.15, 0.2) is 42.5 Å². The number of aromatic hydroxyl groups is 1. The maximum Gasteiger partial charge on any atom is 0.269 e. The van der Waals surface area contributed by atoms with Crippen LogP contribution in [-0.4, -0.2) is 10.0 Å². The van der Waals surface area contributed by atoms with Crippen LogP contribution in [-0.2, 0) is 0 Å². The first-order chi connectivity index (χ1) is 8.08. The third-order valence-corrected chi connectivity index (χ3v) is 2.60. The van der Waals surface area contributed by atoms with Gasteiger partial charge in [0.15, 0.2) is 0 Å². The molecule has 0 aliphatic heterocycles. The van der Waals surface area contributed by atoms with Crippen molar-refractivity contribution in [2.45, 2.75) is 6.92 Å². The van der Waals surface area contributed by atoms with Crippen LogP contribution in [0.1, 0.15) is 5.56 Å². The Kier molecular flexibility index (Phi) is 2.78. The summed E-state index contributed by atoms with van der Waals surface area (Å²) in [6.45, 7) is 1.83. The fourth-order valence-corrected chi connectivity index (χ4v) is 1.73. The average molecular weight is 229 g/mol. The van der Waals surface area contributed by atoms with Crippen LogP contribution in [0.3, 0.4) is 0 Å². The monoisotopic (exact) mass is 229 g/mol. The lowest BCUT2D eigenvalue weighted by molar-refractivity contribution is -0.384. The molecule has 4 nitrogen and oxygen atoms in total. The van der Waals surface area contributed by atoms with E-state index in [1.54, 1.807) is 36.4 Å². The van der Waals surface area contributed by atoms with Crippen LogP contribution >= 0.6 is 0 Å². The van der Waals surface area contributed by atoms with Gasteiger partial charge in [-0.15, -0.1) is 0 Å². The summed E-state index contributed by atoms with van der Waals surface area (Å²) in [7, 11) is 0. The van der Waals surface area contributed by atoms with Crippen LogP contribution < -0.4 is 0 Å². The van der Waals surface area contributed by atoms with Crippen molar-refractivity contribution in [1.82, 2.24) is 0 Å². The van der Waals surface area contributed by atoms with Gasteiger partial charge in [-0.05, 0) is 41.8 Å². The molecule has 0 fully saturated rings. The minimum Gasteiger partial charge on any atom is -0.508 e. The quantitative estimate of drug-likeness (QED) is 0.634. The summed E-state index contributed by atoms with van der Waals surface area (Å²) in [6.07, 6.45) is 0. The largest absolute Gasteiger partial charge is 0.508 e. The van der Waals surface area contributed by atoms with E-state index in [9.17, 15) is 15.2 Å². The van der Waals surface area contributed by atoms with Crippen molar-refractivity contribution in [3.63, 3.8) is 0 Å². The number of aryl methyl sites for hydroxylation is 1. The molecule has 0 bridgehead atoms. The summed E-state index contributed by atoms with van der Waals surface area (Å²) in [5.41, 5.74) is 2.78. The maximum absolute atomic E-state index is 10.6. The molecule has 0 saturated carbocycles. The number of nitro groups is 1. The van der Waals surface area contributed by atoms with E-state index < -0.39 is 4.92 Å². The minimum absolute atomic E-state index is 0.0880. The Morgan fingerprint density at radius 3 is 2.29 bits per heavy atom. The van der Waals surface area contributed by atoms with Crippen molar-refractivity contribution in [3.8, 4) is 16.9 Å². The number of nitrogens with zero attached hydrogens (tertiary/aromatic N) is 1. The van der Waals surface area contributed by atoms with Gasteiger partial charge in [0.25, 0.3) is 5.69 Å². The van der Waals surface area contributed by atoms with E-state index in [-0.39, 0.29) is 11.4 Å². The smallest absolute Gasteiger partial charge is 0.269 e. The number of hydrogen-bond acceptors (Lipinski definition) is 3. The lowest BCUT2D eigenvalue weighted by Crippen LogP contribution is -1.90. The van der Waals surface area contributed by atoms with Gasteiger partial charge in [-0.1, -0.05) is 12.1 Å². The molecular formula is C13H11NO3. The highest BCUT2D eigenvalue weighted by atomic mass is 16.6. The molecule has 17 heavy (non-hydrogen) atoms. The summed E-state index contributed by atoms with van der Waals surface area (Å²) >= 11 is 0. The van der Waals surface area contributed by atoms with Gasteiger partial charge in [-0.25, -0.2) is 0 Å². The van der Waals surface area contributed by atoms with E-state index in [2.05, 4.69) is 0 Å². The molecule has 0 amide bonds. The molecule has 1 N–H and O–H groups in total. The summed E-state index contributed by atoms with van der Waals surface area (Å²) < 4.78 is 0. The molecular weight excluding hydrogens is 218 g/mol. The molecule has 0 saturated heterocycles. The number of nitro benzene ring substituents is 1. The fourth-order valence-electron chi connectivity index (χ4n) is 1.73. The van der Waals surface area contributed by atoms with Gasteiger partial charge in [0.2, 0.25) is 0 Å². The van der Waals surface area contributed by atoms with E-state index >= 15 is 0 Å². The van der Waals surface area contributed by atoms with Crippen LogP contribution in [0.4, 0.5) is 5.69 Å². The Bertz CT molecular complexity index is 561. The van der Waals surface area contributed by atoms with Crippen LogP contribution in [0, 0.1) is 17.0 Å². The van der Waals surface area contributed by atoms with Crippen LogP contribution in [0.2, 0.25) is 0 Å². The number of benzene rings is 2. The molecule has 0 aliphatic carbocycles. The average Bonchev–Trinajstić information content (AvgIpc) is 2.30. The first-order valence-corrected chi connectivity index (χ1v) is 5.12.